The van der Waals surface area contributed by atoms with Crippen molar-refractivity contribution in [2.45, 2.75) is 96.1 Å². The van der Waals surface area contributed by atoms with Crippen LogP contribution < -0.4 is 0 Å². The van der Waals surface area contributed by atoms with Crippen LogP contribution in [0.4, 0.5) is 0 Å². The summed E-state index contributed by atoms with van der Waals surface area (Å²) in [5.74, 6) is -8.70. The second-order valence-electron chi connectivity index (χ2n) is 16.0. The van der Waals surface area contributed by atoms with Crippen molar-refractivity contribution in [1.29, 1.82) is 0 Å². The number of carbonyl (C=O) groups excluding carboxylic acids is 7. The number of fused-ring (bicyclic) bond motifs is 1. The van der Waals surface area contributed by atoms with Crippen molar-refractivity contribution in [3.05, 3.63) is 90.0 Å². The van der Waals surface area contributed by atoms with E-state index in [-0.39, 0.29) is 24.2 Å². The van der Waals surface area contributed by atoms with E-state index < -0.39 is 119 Å². The van der Waals surface area contributed by atoms with Crippen LogP contribution in [0.3, 0.4) is 0 Å². The first-order chi connectivity index (χ1) is 27.8. The van der Waals surface area contributed by atoms with Gasteiger partial charge in [-0.05, 0) is 36.3 Å². The minimum atomic E-state index is -2.54. The quantitative estimate of drug-likeness (QED) is 0.156. The van der Waals surface area contributed by atoms with Gasteiger partial charge in [0.2, 0.25) is 0 Å². The zero-order valence-electron chi connectivity index (χ0n) is 33.7. The Morgan fingerprint density at radius 2 is 1.39 bits per heavy atom. The van der Waals surface area contributed by atoms with Crippen LogP contribution in [0.5, 0.6) is 0 Å². The Morgan fingerprint density at radius 1 is 0.814 bits per heavy atom. The molecule has 15 nitrogen and oxygen atoms in total. The van der Waals surface area contributed by atoms with E-state index in [0.29, 0.717) is 5.56 Å². The van der Waals surface area contributed by atoms with E-state index in [4.69, 9.17) is 33.2 Å². The summed E-state index contributed by atoms with van der Waals surface area (Å²) >= 11 is 0. The molecule has 4 aliphatic rings. The lowest BCUT2D eigenvalue weighted by Gasteiger charge is -2.65. The van der Waals surface area contributed by atoms with Gasteiger partial charge in [0.25, 0.3) is 0 Å². The third-order valence-corrected chi connectivity index (χ3v) is 12.5. The summed E-state index contributed by atoms with van der Waals surface area (Å²) in [4.78, 5) is 95.0. The summed E-state index contributed by atoms with van der Waals surface area (Å²) in [5.41, 5.74) is -7.59. The highest BCUT2D eigenvalue weighted by Gasteiger charge is 2.83. The summed E-state index contributed by atoms with van der Waals surface area (Å²) in [7, 11) is 0. The van der Waals surface area contributed by atoms with Gasteiger partial charge in [-0.1, -0.05) is 62.0 Å². The zero-order chi connectivity index (χ0) is 43.1. The van der Waals surface area contributed by atoms with E-state index in [0.717, 1.165) is 27.7 Å². The number of hydrogen-bond donors (Lipinski definition) is 1. The third-order valence-electron chi connectivity index (χ3n) is 12.5. The molecule has 4 bridgehead atoms. The molecule has 1 heterocycles. The van der Waals surface area contributed by atoms with Gasteiger partial charge >= 0.3 is 35.8 Å². The molecule has 15 heteroatoms. The molecule has 0 aromatic heterocycles. The first-order valence-corrected chi connectivity index (χ1v) is 19.2. The van der Waals surface area contributed by atoms with Gasteiger partial charge in [0.15, 0.2) is 23.6 Å². The summed E-state index contributed by atoms with van der Waals surface area (Å²) in [6.07, 6.45) is -6.44. The molecule has 1 N–H and O–H groups in total. The van der Waals surface area contributed by atoms with Crippen molar-refractivity contribution in [3.63, 3.8) is 0 Å². The van der Waals surface area contributed by atoms with Crippen LogP contribution in [0.15, 0.2) is 78.9 Å². The van der Waals surface area contributed by atoms with Crippen LogP contribution in [0, 0.1) is 22.7 Å². The number of benzene rings is 2. The molecule has 59 heavy (non-hydrogen) atoms. The number of esters is 6. The average Bonchev–Trinajstić information content (AvgIpc) is 3.32. The molecule has 4 fully saturated rings. The summed E-state index contributed by atoms with van der Waals surface area (Å²) in [6, 6.07) is 16.8. The van der Waals surface area contributed by atoms with Crippen LogP contribution in [0.25, 0.3) is 6.08 Å². The Balaban J connectivity index is 1.65. The lowest BCUT2D eigenvalue weighted by molar-refractivity contribution is -0.302. The van der Waals surface area contributed by atoms with Gasteiger partial charge in [-0.3, -0.25) is 24.0 Å². The van der Waals surface area contributed by atoms with Crippen LogP contribution in [0.2, 0.25) is 0 Å². The van der Waals surface area contributed by atoms with Crippen LogP contribution in [-0.2, 0) is 61.9 Å². The lowest BCUT2D eigenvalue weighted by Crippen LogP contribution is -2.81. The Hall–Kier alpha value is -5.67. The third kappa shape index (κ3) is 7.35. The number of ketones is 1. The lowest BCUT2D eigenvalue weighted by atomic mass is 9.43. The molecule has 6 rings (SSSR count). The van der Waals surface area contributed by atoms with Crippen molar-refractivity contribution in [3.8, 4) is 0 Å². The van der Waals surface area contributed by atoms with Crippen molar-refractivity contribution in [2.24, 2.45) is 22.7 Å². The fourth-order valence-corrected chi connectivity index (χ4v) is 9.88. The molecular formula is C44H48O15. The van der Waals surface area contributed by atoms with Gasteiger partial charge in [0.05, 0.1) is 17.6 Å². The first kappa shape index (κ1) is 42.9. The van der Waals surface area contributed by atoms with Crippen molar-refractivity contribution < 1.29 is 71.8 Å². The van der Waals surface area contributed by atoms with E-state index in [1.54, 1.807) is 49.4 Å². The number of Topliss-reactive ketones (excluding diaryl/α,β-unsaturated/α-hetero) is 1. The normalized spacial score (nSPS) is 34.7. The molecule has 3 saturated carbocycles. The predicted molar refractivity (Wildman–Crippen MR) is 205 cm³/mol. The average molecular weight is 817 g/mol. The molecule has 1 saturated heterocycles. The van der Waals surface area contributed by atoms with Crippen LogP contribution >= 0.6 is 0 Å². The fourth-order valence-electron chi connectivity index (χ4n) is 9.88. The SMILES string of the molecule is C=C1[C@@H](OC(=O)/C=C/c2ccccc2)C[C@H](OC(C)=O)[C@@]2(COC(=O)c3ccccc3)[C@@H](OC(C)=O)[C@H](OC(C)=O)[C@]3(O)[C@@]4(C)CO[C@]3(C)C(=O)C[C@H]4[C@@H](OC(C)=O)[C@H]12. The Morgan fingerprint density at radius 3 is 1.98 bits per heavy atom. The van der Waals surface area contributed by atoms with Gasteiger partial charge in [0, 0.05) is 63.9 Å². The summed E-state index contributed by atoms with van der Waals surface area (Å²) < 4.78 is 42.7. The van der Waals surface area contributed by atoms with Gasteiger partial charge in [-0.2, -0.15) is 0 Å². The predicted octanol–water partition coefficient (Wildman–Crippen LogP) is 3.89. The van der Waals surface area contributed by atoms with E-state index in [9.17, 15) is 38.7 Å². The largest absolute Gasteiger partial charge is 0.462 e. The molecule has 0 amide bonds. The maximum absolute atomic E-state index is 14.4. The minimum absolute atomic E-state index is 0.0318. The van der Waals surface area contributed by atoms with Crippen LogP contribution in [-0.4, -0.2) is 102 Å². The summed E-state index contributed by atoms with van der Waals surface area (Å²) in [6.45, 7) is 10.4. The first-order valence-electron chi connectivity index (χ1n) is 19.2. The molecule has 2 aromatic carbocycles. The minimum Gasteiger partial charge on any atom is -0.462 e. The van der Waals surface area contributed by atoms with Gasteiger partial charge in [0.1, 0.15) is 30.5 Å². The van der Waals surface area contributed by atoms with Gasteiger partial charge in [-0.25, -0.2) is 9.59 Å². The van der Waals surface area contributed by atoms with E-state index in [2.05, 4.69) is 6.58 Å². The summed E-state index contributed by atoms with van der Waals surface area (Å²) in [5, 5.41) is 13.4. The van der Waals surface area contributed by atoms with Crippen molar-refractivity contribution in [1.82, 2.24) is 0 Å². The van der Waals surface area contributed by atoms with Gasteiger partial charge < -0.3 is 38.3 Å². The molecule has 1 aliphatic heterocycles. The molecule has 3 aliphatic carbocycles. The number of rotatable bonds is 10. The Labute approximate surface area is 340 Å². The van der Waals surface area contributed by atoms with E-state index in [1.807, 2.05) is 6.07 Å². The maximum atomic E-state index is 14.4. The molecule has 0 spiro atoms. The highest BCUT2D eigenvalue weighted by atomic mass is 16.6. The fraction of sp³-hybridized carbons (Fsp3) is 0.477. The smallest absolute Gasteiger partial charge is 0.338 e. The maximum Gasteiger partial charge on any atom is 0.338 e. The molecule has 314 valence electrons. The Bertz CT molecular complexity index is 2060. The number of carbonyl (C=O) groups is 7. The van der Waals surface area contributed by atoms with Crippen LogP contribution in [0.1, 0.15) is 70.3 Å². The van der Waals surface area contributed by atoms with Gasteiger partial charge in [-0.15, -0.1) is 0 Å². The number of ether oxygens (including phenoxy) is 7. The Kier molecular flexibility index (Phi) is 11.8. The highest BCUT2D eigenvalue weighted by molar-refractivity contribution is 5.92. The second-order valence-corrected chi connectivity index (χ2v) is 16.0. The van der Waals surface area contributed by atoms with E-state index >= 15 is 0 Å². The number of hydrogen-bond acceptors (Lipinski definition) is 15. The second kappa shape index (κ2) is 16.2. The van der Waals surface area contributed by atoms with E-state index in [1.165, 1.54) is 31.2 Å². The highest BCUT2D eigenvalue weighted by Crippen LogP contribution is 2.67. The standard InChI is InChI=1S/C44H48O15/c1-24-32(59-35(50)19-18-29-14-10-8-11-15-29)21-34(55-25(2)45)43(23-53-40(51)30-16-12-9-13-17-30)36(24)37(56-26(3)46)31-20-33(49)42(7)44(52,41(31,6)22-54-42)39(58-28(5)48)38(43)57-27(4)47/h8-19,31-32,34,36-39,52H,1,20-23H2,2-7H3/b19-18+/t31-,32-,34-,36-,37+,38-,39-,41-,42+,43+,44-/m0/s1. The molecule has 0 unspecified atom stereocenters. The molecule has 0 radical (unpaired) electrons. The van der Waals surface area contributed by atoms with Crippen molar-refractivity contribution in [2.75, 3.05) is 13.2 Å². The topological polar surface area (TPSA) is 204 Å². The number of aliphatic hydroxyl groups is 1. The molecule has 2 aromatic rings. The molecular weight excluding hydrogens is 768 g/mol. The monoisotopic (exact) mass is 816 g/mol. The zero-order valence-corrected chi connectivity index (χ0v) is 33.7. The molecule has 11 atom stereocenters. The van der Waals surface area contributed by atoms with Crippen molar-refractivity contribution >= 4 is 47.7 Å².